The number of pyridine rings is 2. The molecule has 368 valence electrons. The summed E-state index contributed by atoms with van der Waals surface area (Å²) in [6.07, 6.45) is 25.3. The zero-order chi connectivity index (χ0) is 47.7. The molecular formula is C56H74N2O10. The van der Waals surface area contributed by atoms with Gasteiger partial charge < -0.3 is 37.9 Å². The van der Waals surface area contributed by atoms with Crippen molar-refractivity contribution in [2.24, 2.45) is 0 Å². The number of carbonyl (C=O) groups is 2. The fourth-order valence-electron chi connectivity index (χ4n) is 7.64. The van der Waals surface area contributed by atoms with Crippen molar-refractivity contribution in [1.29, 1.82) is 0 Å². The molecule has 12 heteroatoms. The van der Waals surface area contributed by atoms with E-state index < -0.39 is 12.6 Å². The molecule has 1 aliphatic heterocycles. The third-order valence-electron chi connectivity index (χ3n) is 11.6. The van der Waals surface area contributed by atoms with Crippen molar-refractivity contribution < 1.29 is 47.5 Å². The maximum atomic E-state index is 11.1. The summed E-state index contributed by atoms with van der Waals surface area (Å²) in [5, 5.41) is 0. The van der Waals surface area contributed by atoms with E-state index in [4.69, 9.17) is 37.9 Å². The number of benzene rings is 2. The number of nitrogens with zero attached hydrogens (tertiary/aromatic N) is 2. The van der Waals surface area contributed by atoms with Crippen LogP contribution in [0.1, 0.15) is 127 Å². The van der Waals surface area contributed by atoms with Gasteiger partial charge in [0.15, 0.2) is 0 Å². The van der Waals surface area contributed by atoms with Gasteiger partial charge in [-0.15, -0.1) is 0 Å². The third kappa shape index (κ3) is 21.7. The highest BCUT2D eigenvalue weighted by atomic mass is 16.8. The van der Waals surface area contributed by atoms with Gasteiger partial charge in [-0.2, -0.15) is 0 Å². The molecule has 0 aliphatic carbocycles. The lowest BCUT2D eigenvalue weighted by Gasteiger charge is -2.31. The van der Waals surface area contributed by atoms with E-state index in [9.17, 15) is 9.59 Å². The first-order chi connectivity index (χ1) is 33.5. The van der Waals surface area contributed by atoms with Crippen molar-refractivity contribution in [3.63, 3.8) is 0 Å². The molecule has 1 saturated heterocycles. The Morgan fingerprint density at radius 1 is 0.471 bits per heavy atom. The first kappa shape index (κ1) is 53.6. The molecule has 2 aromatic carbocycles. The summed E-state index contributed by atoms with van der Waals surface area (Å²) in [5.41, 5.74) is 5.79. The van der Waals surface area contributed by atoms with Gasteiger partial charge in [0.1, 0.15) is 11.5 Å². The molecule has 0 saturated carbocycles. The molecule has 0 bridgehead atoms. The number of hydrogen-bond donors (Lipinski definition) is 0. The molecule has 12 nitrogen and oxygen atoms in total. The summed E-state index contributed by atoms with van der Waals surface area (Å²) >= 11 is 0. The van der Waals surface area contributed by atoms with E-state index in [1.165, 1.54) is 76.4 Å². The molecule has 1 aliphatic rings. The first-order valence-corrected chi connectivity index (χ1v) is 24.9. The van der Waals surface area contributed by atoms with Gasteiger partial charge in [0.05, 0.1) is 76.6 Å². The Hall–Kier alpha value is -5.40. The highest BCUT2D eigenvalue weighted by molar-refractivity contribution is 5.81. The van der Waals surface area contributed by atoms with Crippen molar-refractivity contribution >= 4 is 11.9 Å². The topological polar surface area (TPSA) is 134 Å². The standard InChI is InChI=1S/C56H74N2O10/c1-3-53(59)63-37-21-17-13-9-5-7-11-15-19-35-61-49-31-33-51(57-41-49)47-27-23-45(24-28-47)43-67-55-56(66-40-39-65-55)68-44-46-25-29-48(30-26-46)52-34-32-50(42-58-52)62-36-20-16-12-8-6-10-14-18-22-38-64-54(60)4-2/h3-4,23-34,41-42,55-56H,1-2,5-22,35-40,43-44H2/t55-,56-/m0/s1. The molecule has 0 amide bonds. The zero-order valence-corrected chi connectivity index (χ0v) is 40.2. The summed E-state index contributed by atoms with van der Waals surface area (Å²) in [6, 6.07) is 24.3. The van der Waals surface area contributed by atoms with Crippen molar-refractivity contribution in [3.8, 4) is 34.0 Å². The minimum absolute atomic E-state index is 0.340. The van der Waals surface area contributed by atoms with E-state index in [1.54, 1.807) is 12.4 Å². The van der Waals surface area contributed by atoms with Crippen LogP contribution in [0.2, 0.25) is 0 Å². The van der Waals surface area contributed by atoms with Crippen molar-refractivity contribution in [2.45, 2.75) is 141 Å². The van der Waals surface area contributed by atoms with Crippen molar-refractivity contribution in [3.05, 3.63) is 122 Å². The van der Waals surface area contributed by atoms with Crippen LogP contribution in [0.5, 0.6) is 11.5 Å². The molecule has 5 rings (SSSR count). The number of ether oxygens (including phenoxy) is 8. The minimum Gasteiger partial charge on any atom is -0.492 e. The average Bonchev–Trinajstić information content (AvgIpc) is 3.38. The van der Waals surface area contributed by atoms with E-state index in [1.807, 2.05) is 72.8 Å². The molecule has 0 N–H and O–H groups in total. The number of aromatic nitrogens is 2. The molecule has 0 spiro atoms. The molecule has 1 fully saturated rings. The predicted molar refractivity (Wildman–Crippen MR) is 265 cm³/mol. The SMILES string of the molecule is C=CC(=O)OCCCCCCCCCCCOc1ccc(-c2ccc(CO[C@@H]3OCCO[C@H]3OCc3ccc(-c4ccc(OCCCCCCCCCCCOC(=O)C=C)cn4)cc3)cc2)nc1. The first-order valence-electron chi connectivity index (χ1n) is 24.9. The maximum absolute atomic E-state index is 11.1. The Balaban J connectivity index is 0.901. The Kier molecular flexibility index (Phi) is 26.1. The predicted octanol–water partition coefficient (Wildman–Crippen LogP) is 12.5. The second-order valence-electron chi connectivity index (χ2n) is 17.1. The Bertz CT molecular complexity index is 1850. The van der Waals surface area contributed by atoms with Gasteiger partial charge in [0.25, 0.3) is 0 Å². The molecule has 68 heavy (non-hydrogen) atoms. The van der Waals surface area contributed by atoms with E-state index in [0.29, 0.717) is 52.9 Å². The molecule has 3 heterocycles. The molecule has 4 aromatic rings. The van der Waals surface area contributed by atoms with Crippen LogP contribution in [0.15, 0.2) is 111 Å². The number of carbonyl (C=O) groups excluding carboxylic acids is 2. The monoisotopic (exact) mass is 935 g/mol. The van der Waals surface area contributed by atoms with Gasteiger partial charge >= 0.3 is 11.9 Å². The average molecular weight is 935 g/mol. The Morgan fingerprint density at radius 2 is 0.809 bits per heavy atom. The van der Waals surface area contributed by atoms with Gasteiger partial charge in [0.2, 0.25) is 12.6 Å². The summed E-state index contributed by atoms with van der Waals surface area (Å²) in [4.78, 5) is 31.4. The number of hydrogen-bond acceptors (Lipinski definition) is 12. The largest absolute Gasteiger partial charge is 0.492 e. The van der Waals surface area contributed by atoms with E-state index in [0.717, 1.165) is 96.5 Å². The lowest BCUT2D eigenvalue weighted by atomic mass is 10.1. The van der Waals surface area contributed by atoms with E-state index in [-0.39, 0.29) is 11.9 Å². The van der Waals surface area contributed by atoms with Crippen LogP contribution < -0.4 is 9.47 Å². The lowest BCUT2D eigenvalue weighted by molar-refractivity contribution is -0.326. The number of esters is 2. The fraction of sp³-hybridized carbons (Fsp3) is 0.500. The fourth-order valence-corrected chi connectivity index (χ4v) is 7.64. The molecule has 2 aromatic heterocycles. The van der Waals surface area contributed by atoms with Crippen molar-refractivity contribution in [2.75, 3.05) is 39.6 Å². The second-order valence-corrected chi connectivity index (χ2v) is 17.1. The molecule has 0 unspecified atom stereocenters. The van der Waals surface area contributed by atoms with Crippen LogP contribution in [-0.4, -0.2) is 74.1 Å². The zero-order valence-electron chi connectivity index (χ0n) is 40.2. The highest BCUT2D eigenvalue weighted by Gasteiger charge is 2.29. The van der Waals surface area contributed by atoms with Crippen LogP contribution in [0.25, 0.3) is 22.5 Å². The van der Waals surface area contributed by atoms with Crippen LogP contribution in [0, 0.1) is 0 Å². The normalized spacial score (nSPS) is 14.5. The third-order valence-corrected chi connectivity index (χ3v) is 11.6. The second kappa shape index (κ2) is 33.2. The summed E-state index contributed by atoms with van der Waals surface area (Å²) in [6.45, 7) is 10.7. The summed E-state index contributed by atoms with van der Waals surface area (Å²) in [5.74, 6) is 0.881. The van der Waals surface area contributed by atoms with E-state index in [2.05, 4.69) is 23.1 Å². The van der Waals surface area contributed by atoms with Crippen LogP contribution >= 0.6 is 0 Å². The van der Waals surface area contributed by atoms with Gasteiger partial charge in [-0.3, -0.25) is 9.97 Å². The van der Waals surface area contributed by atoms with Gasteiger partial charge in [0, 0.05) is 23.3 Å². The van der Waals surface area contributed by atoms with Crippen LogP contribution in [0.3, 0.4) is 0 Å². The summed E-state index contributed by atoms with van der Waals surface area (Å²) in [7, 11) is 0. The minimum atomic E-state index is -0.651. The Morgan fingerprint density at radius 3 is 1.13 bits per heavy atom. The number of unbranched alkanes of at least 4 members (excludes halogenated alkanes) is 16. The van der Waals surface area contributed by atoms with Gasteiger partial charge in [-0.1, -0.05) is 152 Å². The molecule has 0 radical (unpaired) electrons. The van der Waals surface area contributed by atoms with E-state index >= 15 is 0 Å². The highest BCUT2D eigenvalue weighted by Crippen LogP contribution is 2.24. The Labute approximate surface area is 404 Å². The van der Waals surface area contributed by atoms with Crippen molar-refractivity contribution in [1.82, 2.24) is 9.97 Å². The summed E-state index contributed by atoms with van der Waals surface area (Å²) < 4.78 is 46.1. The molecular weight excluding hydrogens is 861 g/mol. The quantitative estimate of drug-likeness (QED) is 0.0244. The maximum Gasteiger partial charge on any atom is 0.330 e. The number of rotatable bonds is 36. The van der Waals surface area contributed by atoms with Crippen LogP contribution in [0.4, 0.5) is 0 Å². The molecule has 2 atom stereocenters. The lowest BCUT2D eigenvalue weighted by Crippen LogP contribution is -2.41. The van der Waals surface area contributed by atoms with Gasteiger partial charge in [-0.25, -0.2) is 9.59 Å². The van der Waals surface area contributed by atoms with Gasteiger partial charge in [-0.05, 0) is 61.1 Å². The van der Waals surface area contributed by atoms with Crippen LogP contribution in [-0.2, 0) is 51.2 Å². The smallest absolute Gasteiger partial charge is 0.330 e.